The van der Waals surface area contributed by atoms with E-state index in [1.807, 2.05) is 0 Å². The number of hydrogen-bond donors (Lipinski definition) is 0. The predicted molar refractivity (Wildman–Crippen MR) is 168 cm³/mol. The van der Waals surface area contributed by atoms with E-state index in [9.17, 15) is 0 Å². The first kappa shape index (κ1) is 31.6. The minimum Gasteiger partial charge on any atom is -1.00 e. The van der Waals surface area contributed by atoms with Crippen LogP contribution in [-0.2, 0) is 25.8 Å². The topological polar surface area (TPSA) is 0 Å². The first-order valence-electron chi connectivity index (χ1n) is 13.7. The molecular formula is C39H29Cl2Hf-3. The van der Waals surface area contributed by atoms with Gasteiger partial charge in [-0.3, -0.25) is 0 Å². The third-order valence-electron chi connectivity index (χ3n) is 8.10. The Morgan fingerprint density at radius 3 is 2.00 bits per heavy atom. The zero-order valence-electron chi connectivity index (χ0n) is 23.3. The Labute approximate surface area is 279 Å². The smallest absolute Gasteiger partial charge is 0.00120 e. The molecule has 0 N–H and O–H groups in total. The van der Waals surface area contributed by atoms with Crippen LogP contribution in [-0.4, -0.2) is 0 Å². The van der Waals surface area contributed by atoms with Gasteiger partial charge < -0.3 is 24.8 Å². The van der Waals surface area contributed by atoms with Gasteiger partial charge in [-0.15, -0.1) is 33.7 Å². The van der Waals surface area contributed by atoms with E-state index in [-0.39, 0.29) is 56.6 Å². The van der Waals surface area contributed by atoms with Gasteiger partial charge in [0.1, 0.15) is 0 Å². The summed E-state index contributed by atoms with van der Waals surface area (Å²) in [4.78, 5) is 0. The summed E-state index contributed by atoms with van der Waals surface area (Å²) in [6.45, 7) is 2.27. The molecule has 0 fully saturated rings. The second-order valence-corrected chi connectivity index (χ2v) is 10.3. The molecule has 0 amide bonds. The van der Waals surface area contributed by atoms with Crippen LogP contribution in [0.1, 0.15) is 39.3 Å². The maximum Gasteiger partial charge on any atom is 0.00120 e. The van der Waals surface area contributed by atoms with E-state index in [0.717, 1.165) is 0 Å². The third kappa shape index (κ3) is 5.79. The molecule has 0 heterocycles. The number of hydrogen-bond acceptors (Lipinski definition) is 0. The van der Waals surface area contributed by atoms with Gasteiger partial charge in [-0.2, -0.15) is 0 Å². The molecule has 3 heteroatoms. The van der Waals surface area contributed by atoms with Crippen molar-refractivity contribution in [2.75, 3.05) is 0 Å². The Kier molecular flexibility index (Phi) is 10.3. The van der Waals surface area contributed by atoms with Crippen LogP contribution in [0.15, 0.2) is 146 Å². The maximum absolute atomic E-state index is 2.36. The fourth-order valence-electron chi connectivity index (χ4n) is 6.13. The number of fused-ring (bicyclic) bond motifs is 3. The zero-order valence-corrected chi connectivity index (χ0v) is 28.4. The molecule has 6 aromatic carbocycles. The average Bonchev–Trinajstić information content (AvgIpc) is 3.63. The van der Waals surface area contributed by atoms with Crippen LogP contribution < -0.4 is 24.8 Å². The van der Waals surface area contributed by atoms with Crippen molar-refractivity contribution in [1.82, 2.24) is 0 Å². The van der Waals surface area contributed by atoms with Gasteiger partial charge in [0.25, 0.3) is 0 Å². The van der Waals surface area contributed by atoms with Crippen LogP contribution in [0.2, 0.25) is 0 Å². The number of benzene rings is 5. The Morgan fingerprint density at radius 2 is 1.29 bits per heavy atom. The van der Waals surface area contributed by atoms with Crippen molar-refractivity contribution < 1.29 is 50.7 Å². The average molecular weight is 747 g/mol. The fraction of sp³-hybridized carbons (Fsp3) is 0.0513. The number of halogens is 2. The van der Waals surface area contributed by atoms with Crippen LogP contribution in [0.25, 0.3) is 38.8 Å². The molecule has 0 radical (unpaired) electrons. The second-order valence-electron chi connectivity index (χ2n) is 10.3. The molecule has 206 valence electrons. The van der Waals surface area contributed by atoms with Gasteiger partial charge in [-0.25, -0.2) is 0 Å². The molecule has 0 nitrogen and oxygen atoms in total. The van der Waals surface area contributed by atoms with Crippen LogP contribution in [0, 0.1) is 6.92 Å². The number of rotatable bonds is 5. The van der Waals surface area contributed by atoms with Crippen molar-refractivity contribution >= 4 is 38.8 Å². The standard InChI is InChI=1S/C39H29.2ClH.Hf/c1-27-30(25-38(28-13-4-2-5-14-28)29-15-6-3-7-16-29)18-10-20-32(27)34-21-11-23-36(34)37-24-12-22-35-33-19-9-8-17-31(33)26-39(35)37;;;/h2-26,36H,1H3;2*1H;/q-1;;;/p-2. The monoisotopic (exact) mass is 747 g/mol. The van der Waals surface area contributed by atoms with E-state index < -0.39 is 0 Å². The van der Waals surface area contributed by atoms with E-state index >= 15 is 0 Å². The summed E-state index contributed by atoms with van der Waals surface area (Å²) in [6.07, 6.45) is 9.23. The summed E-state index contributed by atoms with van der Waals surface area (Å²) in [5.41, 5.74) is 10.3. The first-order valence-corrected chi connectivity index (χ1v) is 13.7. The minimum absolute atomic E-state index is 0. The summed E-state index contributed by atoms with van der Waals surface area (Å²) in [5.74, 6) is 0.228. The molecule has 7 rings (SSSR count). The molecule has 0 saturated carbocycles. The third-order valence-corrected chi connectivity index (χ3v) is 8.10. The summed E-state index contributed by atoms with van der Waals surface area (Å²) >= 11 is 0. The summed E-state index contributed by atoms with van der Waals surface area (Å²) in [6, 6.07) is 46.0. The van der Waals surface area contributed by atoms with E-state index in [0.29, 0.717) is 0 Å². The molecule has 0 aromatic heterocycles. The van der Waals surface area contributed by atoms with Gasteiger partial charge in [-0.05, 0) is 52.0 Å². The molecule has 1 unspecified atom stereocenters. The van der Waals surface area contributed by atoms with E-state index in [4.69, 9.17) is 0 Å². The Hall–Kier alpha value is -3.36. The van der Waals surface area contributed by atoms with Gasteiger partial charge in [0.15, 0.2) is 0 Å². The van der Waals surface area contributed by atoms with Crippen molar-refractivity contribution in [1.29, 1.82) is 0 Å². The van der Waals surface area contributed by atoms with E-state index in [1.54, 1.807) is 0 Å². The van der Waals surface area contributed by atoms with Crippen LogP contribution in [0.4, 0.5) is 0 Å². The maximum atomic E-state index is 2.36. The van der Waals surface area contributed by atoms with E-state index in [1.165, 1.54) is 66.1 Å². The molecule has 1 atom stereocenters. The Balaban J connectivity index is 0.00000135. The van der Waals surface area contributed by atoms with Crippen LogP contribution >= 0.6 is 0 Å². The molecule has 1 aliphatic carbocycles. The quantitative estimate of drug-likeness (QED) is 0.140. The molecule has 1 aliphatic rings. The Morgan fingerprint density at radius 1 is 0.667 bits per heavy atom. The van der Waals surface area contributed by atoms with Gasteiger partial charge in [-0.1, -0.05) is 139 Å². The van der Waals surface area contributed by atoms with Crippen molar-refractivity contribution in [3.8, 4) is 0 Å². The van der Waals surface area contributed by atoms with Gasteiger partial charge in [0, 0.05) is 31.8 Å². The number of allylic oxidation sites excluding steroid dienone is 4. The molecule has 0 spiro atoms. The van der Waals surface area contributed by atoms with E-state index in [2.05, 4.69) is 159 Å². The fourth-order valence-corrected chi connectivity index (χ4v) is 6.13. The van der Waals surface area contributed by atoms with Crippen molar-refractivity contribution in [2.24, 2.45) is 0 Å². The Bertz CT molecular complexity index is 1870. The normalized spacial score (nSPS) is 13.5. The second kappa shape index (κ2) is 13.7. The molecule has 42 heavy (non-hydrogen) atoms. The molecular weight excluding hydrogens is 718 g/mol. The summed E-state index contributed by atoms with van der Waals surface area (Å²) < 4.78 is 0. The zero-order chi connectivity index (χ0) is 26.2. The molecule has 0 saturated heterocycles. The molecule has 0 bridgehead atoms. The molecule has 6 aromatic rings. The van der Waals surface area contributed by atoms with Gasteiger partial charge >= 0.3 is 0 Å². The van der Waals surface area contributed by atoms with Crippen LogP contribution in [0.3, 0.4) is 0 Å². The molecule has 0 aliphatic heterocycles. The summed E-state index contributed by atoms with van der Waals surface area (Å²) in [5, 5.41) is 5.33. The largest absolute Gasteiger partial charge is 1.00 e. The summed E-state index contributed by atoms with van der Waals surface area (Å²) in [7, 11) is 0. The van der Waals surface area contributed by atoms with Crippen LogP contribution in [0.5, 0.6) is 0 Å². The first-order chi connectivity index (χ1) is 19.3. The predicted octanol–water partition coefficient (Wildman–Crippen LogP) is 4.35. The van der Waals surface area contributed by atoms with Crippen molar-refractivity contribution in [3.05, 3.63) is 179 Å². The van der Waals surface area contributed by atoms with Gasteiger partial charge in [0.05, 0.1) is 0 Å². The SMILES string of the molecule is Cc1c(C=C(c2ccccc2)c2ccccc2)cccc1C1=CC=CC1c1cccc2c1[cH-]c1ccccc12.[Cl-].[Cl-].[Hf]. The van der Waals surface area contributed by atoms with Crippen molar-refractivity contribution in [3.63, 3.8) is 0 Å². The van der Waals surface area contributed by atoms with Crippen molar-refractivity contribution in [2.45, 2.75) is 12.8 Å². The minimum atomic E-state index is 0. The van der Waals surface area contributed by atoms with Gasteiger partial charge in [0.2, 0.25) is 0 Å².